The number of hydrogen-bond donors (Lipinski definition) is 0. The van der Waals surface area contributed by atoms with Crippen LogP contribution >= 0.6 is 32.9 Å². The van der Waals surface area contributed by atoms with Crippen molar-refractivity contribution in [2.75, 3.05) is 0 Å². The fourth-order valence-corrected chi connectivity index (χ4v) is 3.60. The van der Waals surface area contributed by atoms with Gasteiger partial charge in [0, 0.05) is 22.2 Å². The first-order valence-corrected chi connectivity index (χ1v) is 5.91. The summed E-state index contributed by atoms with van der Waals surface area (Å²) in [6.07, 6.45) is 0. The molecule has 2 aromatic rings. The molecule has 0 amide bonds. The average molecular weight is 229 g/mol. The van der Waals surface area contributed by atoms with Crippen LogP contribution in [0.4, 0.5) is 5.69 Å². The van der Waals surface area contributed by atoms with Gasteiger partial charge < -0.3 is 0 Å². The maximum atomic E-state index is 10.5. The molecule has 0 atom stereocenters. The highest BCUT2D eigenvalue weighted by atomic mass is 32.9. The lowest BCUT2D eigenvalue weighted by Gasteiger charge is -1.89. The van der Waals surface area contributed by atoms with Crippen molar-refractivity contribution in [3.63, 3.8) is 0 Å². The van der Waals surface area contributed by atoms with Gasteiger partial charge in [-0.2, -0.15) is 0 Å². The van der Waals surface area contributed by atoms with E-state index in [0.29, 0.717) is 0 Å². The summed E-state index contributed by atoms with van der Waals surface area (Å²) in [5.74, 6) is 0. The standard InChI is InChI=1S/C7H3NO2S3/c9-8(10)4-1-2-6-5(3-4)7(11)13-12-6/h1-3H. The highest BCUT2D eigenvalue weighted by Crippen LogP contribution is 2.30. The Hall–Kier alpha value is -0.850. The van der Waals surface area contributed by atoms with Gasteiger partial charge in [0.15, 0.2) is 0 Å². The lowest BCUT2D eigenvalue weighted by Crippen LogP contribution is -1.85. The Bertz CT molecular complexity index is 528. The fourth-order valence-electron chi connectivity index (χ4n) is 0.991. The number of fused-ring (bicyclic) bond motifs is 1. The largest absolute Gasteiger partial charge is 0.270 e. The van der Waals surface area contributed by atoms with Crippen molar-refractivity contribution in [1.29, 1.82) is 0 Å². The third kappa shape index (κ3) is 1.48. The van der Waals surface area contributed by atoms with E-state index in [4.69, 9.17) is 12.2 Å². The first-order chi connectivity index (χ1) is 6.18. The third-order valence-electron chi connectivity index (χ3n) is 1.60. The van der Waals surface area contributed by atoms with E-state index in [0.717, 1.165) is 13.9 Å². The van der Waals surface area contributed by atoms with Gasteiger partial charge in [-0.3, -0.25) is 10.1 Å². The van der Waals surface area contributed by atoms with Gasteiger partial charge >= 0.3 is 0 Å². The van der Waals surface area contributed by atoms with Crippen LogP contribution in [0.3, 0.4) is 0 Å². The number of nitro benzene ring substituents is 1. The van der Waals surface area contributed by atoms with Crippen LogP contribution < -0.4 is 0 Å². The zero-order chi connectivity index (χ0) is 9.42. The molecule has 0 unspecified atom stereocenters. The van der Waals surface area contributed by atoms with E-state index in [9.17, 15) is 10.1 Å². The summed E-state index contributed by atoms with van der Waals surface area (Å²) in [7, 11) is 3.02. The van der Waals surface area contributed by atoms with Crippen molar-refractivity contribution in [3.8, 4) is 0 Å². The predicted molar refractivity (Wildman–Crippen MR) is 57.2 cm³/mol. The van der Waals surface area contributed by atoms with Crippen molar-refractivity contribution < 1.29 is 4.92 Å². The molecule has 1 heterocycles. The molecule has 0 aliphatic carbocycles. The average Bonchev–Trinajstić information content (AvgIpc) is 2.47. The first kappa shape index (κ1) is 8.74. The van der Waals surface area contributed by atoms with Crippen molar-refractivity contribution in [2.24, 2.45) is 0 Å². The lowest BCUT2D eigenvalue weighted by molar-refractivity contribution is -0.384. The maximum absolute atomic E-state index is 10.5. The Morgan fingerprint density at radius 2 is 2.15 bits per heavy atom. The number of nitrogens with zero attached hydrogens (tertiary/aromatic N) is 1. The summed E-state index contributed by atoms with van der Waals surface area (Å²) < 4.78 is 1.74. The van der Waals surface area contributed by atoms with Crippen molar-refractivity contribution in [1.82, 2.24) is 0 Å². The van der Waals surface area contributed by atoms with Crippen LogP contribution in [0.15, 0.2) is 18.2 Å². The summed E-state index contributed by atoms with van der Waals surface area (Å²) in [6, 6.07) is 4.77. The normalized spacial score (nSPS) is 10.5. The van der Waals surface area contributed by atoms with Crippen molar-refractivity contribution in [2.45, 2.75) is 0 Å². The SMILES string of the molecule is O=[N+]([O-])c1ccc2ssc(=S)c2c1. The highest BCUT2D eigenvalue weighted by molar-refractivity contribution is 7.81. The zero-order valence-electron chi connectivity index (χ0n) is 6.22. The van der Waals surface area contributed by atoms with Crippen LogP contribution in [0.25, 0.3) is 10.1 Å². The molecule has 0 radical (unpaired) electrons. The Balaban J connectivity index is 2.80. The summed E-state index contributed by atoms with van der Waals surface area (Å²) >= 11 is 5.04. The minimum absolute atomic E-state index is 0.101. The van der Waals surface area contributed by atoms with Crippen LogP contribution in [-0.2, 0) is 0 Å². The number of benzene rings is 1. The van der Waals surface area contributed by atoms with E-state index < -0.39 is 4.92 Å². The minimum atomic E-state index is -0.406. The van der Waals surface area contributed by atoms with Gasteiger partial charge in [0.25, 0.3) is 5.69 Å². The Morgan fingerprint density at radius 3 is 2.85 bits per heavy atom. The summed E-state index contributed by atoms with van der Waals surface area (Å²) in [5.41, 5.74) is 0.101. The Kier molecular flexibility index (Phi) is 2.10. The number of nitro groups is 1. The quantitative estimate of drug-likeness (QED) is 0.325. The Morgan fingerprint density at radius 1 is 1.38 bits per heavy atom. The minimum Gasteiger partial charge on any atom is -0.258 e. The van der Waals surface area contributed by atoms with Gasteiger partial charge in [-0.05, 0) is 6.07 Å². The summed E-state index contributed by atoms with van der Waals surface area (Å²) in [5, 5.41) is 11.3. The number of non-ortho nitro benzene ring substituents is 1. The van der Waals surface area contributed by atoms with Crippen LogP contribution in [0.1, 0.15) is 0 Å². The van der Waals surface area contributed by atoms with Gasteiger partial charge in [-0.1, -0.05) is 32.9 Å². The van der Waals surface area contributed by atoms with E-state index in [2.05, 4.69) is 0 Å². The van der Waals surface area contributed by atoms with Crippen molar-refractivity contribution in [3.05, 3.63) is 32.1 Å². The number of hydrogen-bond acceptors (Lipinski definition) is 5. The molecule has 13 heavy (non-hydrogen) atoms. The second kappa shape index (κ2) is 3.13. The van der Waals surface area contributed by atoms with Crippen molar-refractivity contribution >= 4 is 48.7 Å². The molecule has 3 nitrogen and oxygen atoms in total. The molecule has 0 aliphatic heterocycles. The highest BCUT2D eigenvalue weighted by Gasteiger charge is 2.07. The van der Waals surface area contributed by atoms with Crippen LogP contribution in [-0.4, -0.2) is 4.92 Å². The molecule has 6 heteroatoms. The van der Waals surface area contributed by atoms with Crippen LogP contribution in [0.5, 0.6) is 0 Å². The molecule has 0 N–H and O–H groups in total. The summed E-state index contributed by atoms with van der Waals surface area (Å²) in [4.78, 5) is 10.0. The van der Waals surface area contributed by atoms with Gasteiger partial charge in [-0.15, -0.1) is 0 Å². The molecule has 0 saturated carbocycles. The van der Waals surface area contributed by atoms with Gasteiger partial charge in [0.2, 0.25) is 0 Å². The molecule has 1 aromatic carbocycles. The monoisotopic (exact) mass is 229 g/mol. The maximum Gasteiger partial charge on any atom is 0.270 e. The van der Waals surface area contributed by atoms with Gasteiger partial charge in [0.1, 0.15) is 3.82 Å². The molecule has 0 aliphatic rings. The molecular formula is C7H3NO2S3. The number of rotatable bonds is 1. The van der Waals surface area contributed by atoms with Gasteiger partial charge in [0.05, 0.1) is 4.92 Å². The lowest BCUT2D eigenvalue weighted by atomic mass is 10.2. The first-order valence-electron chi connectivity index (χ1n) is 3.36. The van der Waals surface area contributed by atoms with Crippen LogP contribution in [0.2, 0.25) is 0 Å². The molecule has 66 valence electrons. The smallest absolute Gasteiger partial charge is 0.258 e. The van der Waals surface area contributed by atoms with E-state index >= 15 is 0 Å². The van der Waals surface area contributed by atoms with E-state index in [1.807, 2.05) is 0 Å². The van der Waals surface area contributed by atoms with E-state index in [-0.39, 0.29) is 5.69 Å². The fraction of sp³-hybridized carbons (Fsp3) is 0. The predicted octanol–water partition coefficient (Wildman–Crippen LogP) is 3.60. The second-order valence-electron chi connectivity index (χ2n) is 2.39. The van der Waals surface area contributed by atoms with Crippen LogP contribution in [0, 0.1) is 13.9 Å². The van der Waals surface area contributed by atoms with E-state index in [1.54, 1.807) is 16.4 Å². The third-order valence-corrected chi connectivity index (χ3v) is 4.67. The molecule has 1 aromatic heterocycles. The zero-order valence-corrected chi connectivity index (χ0v) is 8.67. The van der Waals surface area contributed by atoms with E-state index in [1.165, 1.54) is 22.5 Å². The second-order valence-corrected chi connectivity index (χ2v) is 5.24. The molecule has 0 spiro atoms. The van der Waals surface area contributed by atoms with Gasteiger partial charge in [-0.25, -0.2) is 0 Å². The Labute approximate surface area is 85.8 Å². The molecule has 2 rings (SSSR count). The molecule has 0 bridgehead atoms. The summed E-state index contributed by atoms with van der Waals surface area (Å²) in [6.45, 7) is 0. The topological polar surface area (TPSA) is 43.1 Å². The molecule has 0 fully saturated rings. The molecule has 0 saturated heterocycles. The molecular weight excluding hydrogens is 226 g/mol.